The maximum atomic E-state index is 12.6. The van der Waals surface area contributed by atoms with Crippen molar-refractivity contribution in [2.24, 2.45) is 0 Å². The lowest BCUT2D eigenvalue weighted by Gasteiger charge is -2.32. The van der Waals surface area contributed by atoms with Crippen molar-refractivity contribution in [1.29, 1.82) is 0 Å². The Hall–Kier alpha value is -2.47. The number of rotatable bonds is 5. The highest BCUT2D eigenvalue weighted by atomic mass is 32.1. The number of hydrogen-bond acceptors (Lipinski definition) is 4. The van der Waals surface area contributed by atoms with Crippen molar-refractivity contribution in [2.45, 2.75) is 37.6 Å². The molecule has 2 aromatic carbocycles. The zero-order chi connectivity index (χ0) is 20.1. The molecule has 2 aromatic rings. The zero-order valence-corrected chi connectivity index (χ0v) is 17.2. The number of benzene rings is 2. The van der Waals surface area contributed by atoms with Crippen LogP contribution >= 0.6 is 12.6 Å². The lowest BCUT2D eigenvalue weighted by Crippen LogP contribution is -2.47. The second-order valence-electron chi connectivity index (χ2n) is 7.21. The van der Waals surface area contributed by atoms with Gasteiger partial charge in [-0.15, -0.1) is 12.6 Å². The van der Waals surface area contributed by atoms with Gasteiger partial charge >= 0.3 is 0 Å². The molecule has 0 saturated carbocycles. The summed E-state index contributed by atoms with van der Waals surface area (Å²) in [7, 11) is 0. The summed E-state index contributed by atoms with van der Waals surface area (Å²) in [5.74, 6) is 0.589. The highest BCUT2D eigenvalue weighted by molar-refractivity contribution is 7.80. The number of piperidine rings is 1. The SMILES string of the molecule is Cc1ccc(OCC(=O)NC2CCN(C(=O)c3ccccc3S)CC2)c(C)c1. The van der Waals surface area contributed by atoms with E-state index in [4.69, 9.17) is 4.74 Å². The molecule has 0 unspecified atom stereocenters. The van der Waals surface area contributed by atoms with Crippen molar-refractivity contribution < 1.29 is 14.3 Å². The third kappa shape index (κ3) is 5.07. The van der Waals surface area contributed by atoms with Gasteiger partial charge < -0.3 is 15.0 Å². The number of carbonyl (C=O) groups excluding carboxylic acids is 2. The van der Waals surface area contributed by atoms with Crippen molar-refractivity contribution >= 4 is 24.4 Å². The van der Waals surface area contributed by atoms with Crippen LogP contribution in [0.25, 0.3) is 0 Å². The van der Waals surface area contributed by atoms with E-state index in [0.717, 1.165) is 29.7 Å². The minimum Gasteiger partial charge on any atom is -0.484 e. The fraction of sp³-hybridized carbons (Fsp3) is 0.364. The lowest BCUT2D eigenvalue weighted by atomic mass is 10.0. The van der Waals surface area contributed by atoms with Gasteiger partial charge in [0.1, 0.15) is 5.75 Å². The van der Waals surface area contributed by atoms with Gasteiger partial charge in [-0.1, -0.05) is 29.8 Å². The van der Waals surface area contributed by atoms with Crippen LogP contribution in [-0.2, 0) is 4.79 Å². The second kappa shape index (κ2) is 9.15. The monoisotopic (exact) mass is 398 g/mol. The number of likely N-dealkylation sites (tertiary alicyclic amines) is 1. The standard InChI is InChI=1S/C22H26N2O3S/c1-15-7-8-19(16(2)13-15)27-14-21(25)23-17-9-11-24(12-10-17)22(26)18-5-3-4-6-20(18)28/h3-8,13,17,28H,9-12,14H2,1-2H3,(H,23,25). The summed E-state index contributed by atoms with van der Waals surface area (Å²) in [6, 6.07) is 13.3. The van der Waals surface area contributed by atoms with E-state index >= 15 is 0 Å². The van der Waals surface area contributed by atoms with Gasteiger partial charge in [0.15, 0.2) is 6.61 Å². The summed E-state index contributed by atoms with van der Waals surface area (Å²) in [6.07, 6.45) is 1.46. The number of nitrogens with one attached hydrogen (secondary N) is 1. The Balaban J connectivity index is 1.45. The second-order valence-corrected chi connectivity index (χ2v) is 7.69. The van der Waals surface area contributed by atoms with Crippen LogP contribution in [0.5, 0.6) is 5.75 Å². The average molecular weight is 399 g/mol. The predicted molar refractivity (Wildman–Crippen MR) is 112 cm³/mol. The number of nitrogens with zero attached hydrogens (tertiary/aromatic N) is 1. The predicted octanol–water partition coefficient (Wildman–Crippen LogP) is 3.39. The Bertz CT molecular complexity index is 861. The summed E-state index contributed by atoms with van der Waals surface area (Å²) in [4.78, 5) is 27.4. The van der Waals surface area contributed by atoms with Crippen molar-refractivity contribution in [3.63, 3.8) is 0 Å². The van der Waals surface area contributed by atoms with E-state index in [-0.39, 0.29) is 24.5 Å². The molecule has 6 heteroatoms. The van der Waals surface area contributed by atoms with Crippen molar-refractivity contribution in [1.82, 2.24) is 10.2 Å². The van der Waals surface area contributed by atoms with E-state index < -0.39 is 0 Å². The molecule has 3 rings (SSSR count). The molecule has 148 valence electrons. The van der Waals surface area contributed by atoms with Gasteiger partial charge in [0, 0.05) is 24.0 Å². The van der Waals surface area contributed by atoms with Crippen molar-refractivity contribution in [3.8, 4) is 5.75 Å². The molecule has 5 nitrogen and oxygen atoms in total. The largest absolute Gasteiger partial charge is 0.484 e. The number of aryl methyl sites for hydroxylation is 2. The van der Waals surface area contributed by atoms with Gasteiger partial charge in [0.2, 0.25) is 0 Å². The summed E-state index contributed by atoms with van der Waals surface area (Å²) in [6.45, 7) is 5.22. The number of amides is 2. The molecule has 0 bridgehead atoms. The van der Waals surface area contributed by atoms with Crippen LogP contribution in [-0.4, -0.2) is 42.5 Å². The maximum Gasteiger partial charge on any atom is 0.258 e. The fourth-order valence-corrected chi connectivity index (χ4v) is 3.68. The molecule has 28 heavy (non-hydrogen) atoms. The highest BCUT2D eigenvalue weighted by Gasteiger charge is 2.25. The first-order valence-corrected chi connectivity index (χ1v) is 9.95. The molecule has 1 saturated heterocycles. The molecular weight excluding hydrogens is 372 g/mol. The molecule has 1 N–H and O–H groups in total. The minimum atomic E-state index is -0.134. The Morgan fingerprint density at radius 1 is 1.14 bits per heavy atom. The van der Waals surface area contributed by atoms with Gasteiger partial charge in [-0.3, -0.25) is 9.59 Å². The average Bonchev–Trinajstić information content (AvgIpc) is 2.68. The molecule has 1 heterocycles. The number of ether oxygens (including phenoxy) is 1. The molecular formula is C22H26N2O3S. The fourth-order valence-electron chi connectivity index (χ4n) is 3.43. The third-order valence-corrected chi connectivity index (χ3v) is 5.36. The van der Waals surface area contributed by atoms with Gasteiger partial charge in [0.25, 0.3) is 11.8 Å². The van der Waals surface area contributed by atoms with E-state index in [0.29, 0.717) is 23.5 Å². The number of thiol groups is 1. The van der Waals surface area contributed by atoms with Crippen LogP contribution < -0.4 is 10.1 Å². The van der Waals surface area contributed by atoms with Crippen LogP contribution in [0.3, 0.4) is 0 Å². The first kappa shape index (κ1) is 20.3. The van der Waals surface area contributed by atoms with Gasteiger partial charge in [-0.25, -0.2) is 0 Å². The summed E-state index contributed by atoms with van der Waals surface area (Å²) >= 11 is 4.37. The Labute approximate surface area is 171 Å². The minimum absolute atomic E-state index is 0.00389. The van der Waals surface area contributed by atoms with Crippen LogP contribution in [0.4, 0.5) is 0 Å². The number of hydrogen-bond donors (Lipinski definition) is 2. The van der Waals surface area contributed by atoms with Crippen LogP contribution in [0.15, 0.2) is 47.4 Å². The van der Waals surface area contributed by atoms with Crippen LogP contribution in [0.2, 0.25) is 0 Å². The molecule has 0 aromatic heterocycles. The third-order valence-electron chi connectivity index (χ3n) is 4.97. The lowest BCUT2D eigenvalue weighted by molar-refractivity contribution is -0.124. The first-order valence-electron chi connectivity index (χ1n) is 9.50. The van der Waals surface area contributed by atoms with E-state index in [2.05, 4.69) is 17.9 Å². The van der Waals surface area contributed by atoms with Crippen LogP contribution in [0, 0.1) is 13.8 Å². The van der Waals surface area contributed by atoms with Gasteiger partial charge in [-0.2, -0.15) is 0 Å². The molecule has 0 atom stereocenters. The number of carbonyl (C=O) groups is 2. The van der Waals surface area contributed by atoms with Crippen molar-refractivity contribution in [3.05, 3.63) is 59.2 Å². The molecule has 1 aliphatic rings. The summed E-state index contributed by atoms with van der Waals surface area (Å²) in [5, 5.41) is 3.01. The Kier molecular flexibility index (Phi) is 6.62. The van der Waals surface area contributed by atoms with E-state index in [9.17, 15) is 9.59 Å². The highest BCUT2D eigenvalue weighted by Crippen LogP contribution is 2.20. The topological polar surface area (TPSA) is 58.6 Å². The first-order chi connectivity index (χ1) is 13.4. The Morgan fingerprint density at radius 2 is 1.86 bits per heavy atom. The molecule has 0 spiro atoms. The maximum absolute atomic E-state index is 12.6. The summed E-state index contributed by atoms with van der Waals surface area (Å²) in [5.41, 5.74) is 2.80. The van der Waals surface area contributed by atoms with Gasteiger partial charge in [0.05, 0.1) is 5.56 Å². The molecule has 0 aliphatic carbocycles. The normalized spacial score (nSPS) is 14.6. The molecule has 0 radical (unpaired) electrons. The Morgan fingerprint density at radius 3 is 2.54 bits per heavy atom. The smallest absolute Gasteiger partial charge is 0.258 e. The zero-order valence-electron chi connectivity index (χ0n) is 16.3. The van der Waals surface area contributed by atoms with Crippen molar-refractivity contribution in [2.75, 3.05) is 19.7 Å². The van der Waals surface area contributed by atoms with Gasteiger partial charge in [-0.05, 0) is 50.5 Å². The van der Waals surface area contributed by atoms with E-state index in [1.165, 1.54) is 0 Å². The molecule has 1 fully saturated rings. The molecule has 1 aliphatic heterocycles. The van der Waals surface area contributed by atoms with E-state index in [1.54, 1.807) is 6.07 Å². The van der Waals surface area contributed by atoms with E-state index in [1.807, 2.05) is 55.1 Å². The van der Waals surface area contributed by atoms with Crippen LogP contribution in [0.1, 0.15) is 34.3 Å². The molecule has 2 amide bonds. The summed E-state index contributed by atoms with van der Waals surface area (Å²) < 4.78 is 5.64. The quantitative estimate of drug-likeness (QED) is 0.759.